The van der Waals surface area contributed by atoms with Gasteiger partial charge in [-0.3, -0.25) is 9.69 Å². The van der Waals surface area contributed by atoms with E-state index in [9.17, 15) is 9.18 Å². The number of benzene rings is 2. The summed E-state index contributed by atoms with van der Waals surface area (Å²) < 4.78 is 13.1. The van der Waals surface area contributed by atoms with Crippen LogP contribution in [0.2, 0.25) is 0 Å². The van der Waals surface area contributed by atoms with Crippen LogP contribution in [0.4, 0.5) is 4.39 Å². The third-order valence-electron chi connectivity index (χ3n) is 4.94. The van der Waals surface area contributed by atoms with Crippen molar-refractivity contribution in [3.05, 3.63) is 92.6 Å². The molecule has 0 aliphatic carbocycles. The number of thioether (sulfide) groups is 1. The molecule has 0 fully saturated rings. The maximum absolute atomic E-state index is 13.1. The smallest absolute Gasteiger partial charge is 0.256 e. The number of aromatic nitrogens is 2. The van der Waals surface area contributed by atoms with Crippen molar-refractivity contribution in [2.24, 2.45) is 0 Å². The molecule has 0 bridgehead atoms. The Labute approximate surface area is 167 Å². The standard InChI is InChI=1S/C22H22FN3OS/c1-15-2-4-17(5-3-15)14-28-22-24-20-10-11-26(13-19(20)21(27)25-22)12-16-6-8-18(23)9-7-16/h2-9H,10-14H2,1H3,(H,24,25,27). The predicted molar refractivity (Wildman–Crippen MR) is 110 cm³/mol. The number of hydrogen-bond donors (Lipinski definition) is 1. The Morgan fingerprint density at radius 1 is 1.11 bits per heavy atom. The summed E-state index contributed by atoms with van der Waals surface area (Å²) in [5.41, 5.74) is 5.07. The molecule has 0 saturated heterocycles. The summed E-state index contributed by atoms with van der Waals surface area (Å²) in [5.74, 6) is 0.544. The van der Waals surface area contributed by atoms with Gasteiger partial charge in [0, 0.05) is 31.8 Å². The first-order valence-corrected chi connectivity index (χ1v) is 10.3. The van der Waals surface area contributed by atoms with Gasteiger partial charge in [-0.1, -0.05) is 53.7 Å². The summed E-state index contributed by atoms with van der Waals surface area (Å²) >= 11 is 1.56. The van der Waals surface area contributed by atoms with Crippen molar-refractivity contribution in [3.8, 4) is 0 Å². The Morgan fingerprint density at radius 2 is 1.82 bits per heavy atom. The minimum atomic E-state index is -0.232. The molecule has 0 spiro atoms. The highest BCUT2D eigenvalue weighted by atomic mass is 32.2. The van der Waals surface area contributed by atoms with E-state index in [1.54, 1.807) is 23.9 Å². The van der Waals surface area contributed by atoms with Crippen LogP contribution in [-0.4, -0.2) is 21.4 Å². The lowest BCUT2D eigenvalue weighted by molar-refractivity contribution is 0.241. The van der Waals surface area contributed by atoms with Crippen molar-refractivity contribution in [2.75, 3.05) is 6.54 Å². The molecule has 1 aromatic heterocycles. The zero-order valence-corrected chi connectivity index (χ0v) is 16.6. The third kappa shape index (κ3) is 4.51. The van der Waals surface area contributed by atoms with Gasteiger partial charge >= 0.3 is 0 Å². The van der Waals surface area contributed by atoms with Crippen LogP contribution in [0.5, 0.6) is 0 Å². The Kier molecular flexibility index (Phi) is 5.59. The van der Waals surface area contributed by atoms with E-state index in [0.29, 0.717) is 18.2 Å². The topological polar surface area (TPSA) is 49.0 Å². The molecular weight excluding hydrogens is 373 g/mol. The molecule has 2 heterocycles. The predicted octanol–water partition coefficient (Wildman–Crippen LogP) is 4.07. The molecule has 0 unspecified atom stereocenters. The van der Waals surface area contributed by atoms with E-state index in [1.807, 2.05) is 0 Å². The molecule has 4 nitrogen and oxygen atoms in total. The zero-order chi connectivity index (χ0) is 19.5. The van der Waals surface area contributed by atoms with Crippen LogP contribution in [0.25, 0.3) is 0 Å². The minimum Gasteiger partial charge on any atom is -0.301 e. The first-order valence-electron chi connectivity index (χ1n) is 9.34. The van der Waals surface area contributed by atoms with Crippen molar-refractivity contribution in [3.63, 3.8) is 0 Å². The first kappa shape index (κ1) is 18.9. The highest BCUT2D eigenvalue weighted by Gasteiger charge is 2.21. The molecule has 1 N–H and O–H groups in total. The number of rotatable bonds is 5. The monoisotopic (exact) mass is 395 g/mol. The Bertz CT molecular complexity index is 1020. The van der Waals surface area contributed by atoms with Gasteiger partial charge in [0.15, 0.2) is 5.16 Å². The van der Waals surface area contributed by atoms with Crippen LogP contribution in [0, 0.1) is 12.7 Å². The van der Waals surface area contributed by atoms with Crippen molar-refractivity contribution in [2.45, 2.75) is 37.3 Å². The average molecular weight is 396 g/mol. The van der Waals surface area contributed by atoms with E-state index in [-0.39, 0.29) is 11.4 Å². The number of halogens is 1. The molecule has 1 aliphatic rings. The Balaban J connectivity index is 1.43. The van der Waals surface area contributed by atoms with E-state index in [2.05, 4.69) is 41.1 Å². The van der Waals surface area contributed by atoms with Gasteiger partial charge in [0.25, 0.3) is 5.56 Å². The SMILES string of the molecule is Cc1ccc(CSc2nc3c(c(=O)[nH]2)CN(Cc2ccc(F)cc2)CC3)cc1. The highest BCUT2D eigenvalue weighted by molar-refractivity contribution is 7.98. The number of nitrogens with zero attached hydrogens (tertiary/aromatic N) is 2. The molecule has 0 saturated carbocycles. The van der Waals surface area contributed by atoms with Crippen LogP contribution < -0.4 is 5.56 Å². The van der Waals surface area contributed by atoms with Crippen LogP contribution in [0.3, 0.4) is 0 Å². The van der Waals surface area contributed by atoms with Gasteiger partial charge in [0.05, 0.1) is 11.3 Å². The van der Waals surface area contributed by atoms with Gasteiger partial charge in [-0.05, 0) is 30.2 Å². The van der Waals surface area contributed by atoms with Gasteiger partial charge in [0.1, 0.15) is 5.82 Å². The van der Waals surface area contributed by atoms with E-state index in [4.69, 9.17) is 4.98 Å². The third-order valence-corrected chi connectivity index (χ3v) is 5.89. The Morgan fingerprint density at radius 3 is 2.57 bits per heavy atom. The number of aryl methyl sites for hydroxylation is 1. The molecule has 28 heavy (non-hydrogen) atoms. The minimum absolute atomic E-state index is 0.0554. The van der Waals surface area contributed by atoms with Gasteiger partial charge in [-0.25, -0.2) is 9.37 Å². The second kappa shape index (κ2) is 8.29. The molecule has 0 radical (unpaired) electrons. The molecule has 144 valence electrons. The summed E-state index contributed by atoms with van der Waals surface area (Å²) in [6, 6.07) is 14.9. The highest BCUT2D eigenvalue weighted by Crippen LogP contribution is 2.22. The number of aromatic amines is 1. The molecule has 0 atom stereocenters. The fraction of sp³-hybridized carbons (Fsp3) is 0.273. The molecule has 0 amide bonds. The van der Waals surface area contributed by atoms with E-state index in [0.717, 1.165) is 35.5 Å². The molecule has 3 aromatic rings. The van der Waals surface area contributed by atoms with E-state index < -0.39 is 0 Å². The average Bonchev–Trinajstić information content (AvgIpc) is 2.70. The lowest BCUT2D eigenvalue weighted by Gasteiger charge is -2.27. The summed E-state index contributed by atoms with van der Waals surface area (Å²) in [6.45, 7) is 4.17. The van der Waals surface area contributed by atoms with Crippen molar-refractivity contribution in [1.29, 1.82) is 0 Å². The zero-order valence-electron chi connectivity index (χ0n) is 15.7. The molecule has 4 rings (SSSR count). The lowest BCUT2D eigenvalue weighted by atomic mass is 10.1. The maximum Gasteiger partial charge on any atom is 0.256 e. The summed E-state index contributed by atoms with van der Waals surface area (Å²) in [4.78, 5) is 22.4. The quantitative estimate of drug-likeness (QED) is 0.523. The fourth-order valence-corrected chi connectivity index (χ4v) is 4.18. The molecule has 2 aromatic carbocycles. The first-order chi connectivity index (χ1) is 13.6. The van der Waals surface area contributed by atoms with Crippen LogP contribution in [0.15, 0.2) is 58.5 Å². The van der Waals surface area contributed by atoms with Crippen LogP contribution in [0.1, 0.15) is 27.9 Å². The van der Waals surface area contributed by atoms with Gasteiger partial charge in [0.2, 0.25) is 0 Å². The van der Waals surface area contributed by atoms with E-state index >= 15 is 0 Å². The summed E-state index contributed by atoms with van der Waals surface area (Å²) in [7, 11) is 0. The normalized spacial score (nSPS) is 14.1. The Hall–Kier alpha value is -2.44. The van der Waals surface area contributed by atoms with Crippen molar-refractivity contribution >= 4 is 11.8 Å². The number of fused-ring (bicyclic) bond motifs is 1. The lowest BCUT2D eigenvalue weighted by Crippen LogP contribution is -2.35. The molecule has 6 heteroatoms. The van der Waals surface area contributed by atoms with Gasteiger partial charge in [-0.2, -0.15) is 0 Å². The van der Waals surface area contributed by atoms with Crippen molar-refractivity contribution < 1.29 is 4.39 Å². The fourth-order valence-electron chi connectivity index (χ4n) is 3.35. The summed E-state index contributed by atoms with van der Waals surface area (Å²) in [5, 5.41) is 0.677. The largest absolute Gasteiger partial charge is 0.301 e. The van der Waals surface area contributed by atoms with Gasteiger partial charge in [-0.15, -0.1) is 0 Å². The van der Waals surface area contributed by atoms with Gasteiger partial charge < -0.3 is 4.98 Å². The van der Waals surface area contributed by atoms with Crippen LogP contribution >= 0.6 is 11.8 Å². The second-order valence-electron chi connectivity index (χ2n) is 7.16. The number of nitrogens with one attached hydrogen (secondary N) is 1. The summed E-state index contributed by atoms with van der Waals surface area (Å²) in [6.07, 6.45) is 0.749. The second-order valence-corrected chi connectivity index (χ2v) is 8.12. The van der Waals surface area contributed by atoms with E-state index in [1.165, 1.54) is 23.3 Å². The molecular formula is C22H22FN3OS. The molecule has 1 aliphatic heterocycles. The number of hydrogen-bond acceptors (Lipinski definition) is 4. The maximum atomic E-state index is 13.1. The number of H-pyrrole nitrogens is 1. The van der Waals surface area contributed by atoms with Crippen molar-refractivity contribution in [1.82, 2.24) is 14.9 Å². The van der Waals surface area contributed by atoms with Crippen LogP contribution in [-0.2, 0) is 25.3 Å².